The van der Waals surface area contributed by atoms with Gasteiger partial charge in [0.1, 0.15) is 11.7 Å². The van der Waals surface area contributed by atoms with E-state index < -0.39 is 17.5 Å². The number of benzene rings is 2. The first-order chi connectivity index (χ1) is 9.93. The van der Waals surface area contributed by atoms with E-state index in [1.54, 1.807) is 12.1 Å². The molecule has 0 aliphatic rings. The highest BCUT2D eigenvalue weighted by molar-refractivity contribution is 6.30. The first kappa shape index (κ1) is 15.2. The summed E-state index contributed by atoms with van der Waals surface area (Å²) in [6, 6.07) is 11.5. The lowest BCUT2D eigenvalue weighted by Crippen LogP contribution is -2.13. The molecule has 2 aromatic rings. The molecule has 0 bridgehead atoms. The number of halogens is 2. The third-order valence-corrected chi connectivity index (χ3v) is 3.48. The average molecular weight is 302 g/mol. The van der Waals surface area contributed by atoms with Crippen LogP contribution in [0.2, 0.25) is 5.02 Å². The minimum Gasteiger partial charge on any atom is -0.292 e. The Kier molecular flexibility index (Phi) is 4.40. The number of ketones is 1. The van der Waals surface area contributed by atoms with Crippen LogP contribution in [0.25, 0.3) is 0 Å². The van der Waals surface area contributed by atoms with Crippen LogP contribution in [0, 0.1) is 31.0 Å². The van der Waals surface area contributed by atoms with Crippen molar-refractivity contribution < 1.29 is 9.18 Å². The van der Waals surface area contributed by atoms with E-state index in [1.807, 2.05) is 26.0 Å². The van der Waals surface area contributed by atoms with Gasteiger partial charge in [-0.05, 0) is 32.0 Å². The van der Waals surface area contributed by atoms with Gasteiger partial charge in [0.15, 0.2) is 5.78 Å². The fraction of sp³-hybridized carbons (Fsp3) is 0.176. The molecular weight excluding hydrogens is 289 g/mol. The topological polar surface area (TPSA) is 40.9 Å². The zero-order valence-electron chi connectivity index (χ0n) is 11.7. The molecule has 0 saturated heterocycles. The van der Waals surface area contributed by atoms with Crippen molar-refractivity contribution in [1.29, 1.82) is 5.26 Å². The molecular formula is C17H13ClFNO. The molecule has 106 valence electrons. The highest BCUT2D eigenvalue weighted by Gasteiger charge is 2.25. The van der Waals surface area contributed by atoms with E-state index in [2.05, 4.69) is 0 Å². The Bertz CT molecular complexity index is 729. The molecule has 0 aromatic heterocycles. The van der Waals surface area contributed by atoms with Crippen LogP contribution in [-0.4, -0.2) is 5.78 Å². The molecule has 0 N–H and O–H groups in total. The van der Waals surface area contributed by atoms with Gasteiger partial charge >= 0.3 is 0 Å². The molecule has 1 atom stereocenters. The quantitative estimate of drug-likeness (QED) is 0.778. The van der Waals surface area contributed by atoms with Crippen molar-refractivity contribution in [3.05, 3.63) is 69.5 Å². The molecule has 0 aliphatic carbocycles. The van der Waals surface area contributed by atoms with Gasteiger partial charge in [-0.2, -0.15) is 5.26 Å². The van der Waals surface area contributed by atoms with Gasteiger partial charge < -0.3 is 0 Å². The third kappa shape index (κ3) is 3.12. The maximum atomic E-state index is 14.0. The second kappa shape index (κ2) is 6.07. The maximum absolute atomic E-state index is 14.0. The highest BCUT2D eigenvalue weighted by atomic mass is 35.5. The van der Waals surface area contributed by atoms with E-state index in [0.717, 1.165) is 11.1 Å². The fourth-order valence-corrected chi connectivity index (χ4v) is 2.48. The molecule has 1 unspecified atom stereocenters. The van der Waals surface area contributed by atoms with Crippen LogP contribution >= 0.6 is 11.6 Å². The highest BCUT2D eigenvalue weighted by Crippen LogP contribution is 2.27. The lowest BCUT2D eigenvalue weighted by Gasteiger charge is -2.11. The van der Waals surface area contributed by atoms with Crippen LogP contribution in [-0.2, 0) is 0 Å². The molecule has 2 nitrogen and oxygen atoms in total. The second-order valence-corrected chi connectivity index (χ2v) is 5.35. The molecule has 21 heavy (non-hydrogen) atoms. The van der Waals surface area contributed by atoms with Crippen LogP contribution < -0.4 is 0 Å². The van der Waals surface area contributed by atoms with Gasteiger partial charge in [0, 0.05) is 11.1 Å². The summed E-state index contributed by atoms with van der Waals surface area (Å²) in [4.78, 5) is 12.5. The van der Waals surface area contributed by atoms with Crippen LogP contribution in [0.3, 0.4) is 0 Å². The lowest BCUT2D eigenvalue weighted by atomic mass is 9.90. The summed E-state index contributed by atoms with van der Waals surface area (Å²) in [6.07, 6.45) is 0. The summed E-state index contributed by atoms with van der Waals surface area (Å²) in [7, 11) is 0. The molecule has 4 heteroatoms. The van der Waals surface area contributed by atoms with Gasteiger partial charge in [-0.15, -0.1) is 0 Å². The van der Waals surface area contributed by atoms with Crippen LogP contribution in [0.15, 0.2) is 36.4 Å². The molecule has 0 fully saturated rings. The first-order valence-electron chi connectivity index (χ1n) is 6.40. The number of nitrogens with zero attached hydrogens (tertiary/aromatic N) is 1. The Labute approximate surface area is 127 Å². The standard InChI is InChI=1S/C17H13ClFNO/c1-10-6-11(2)8-12(7-10)17(21)14(9-20)13-4-3-5-15(18)16(13)19/h3-8,14H,1-2H3. The van der Waals surface area contributed by atoms with E-state index in [9.17, 15) is 14.4 Å². The minimum absolute atomic E-state index is 0.00848. The van der Waals surface area contributed by atoms with Gasteiger partial charge in [0.2, 0.25) is 0 Å². The van der Waals surface area contributed by atoms with Crippen LogP contribution in [0.1, 0.15) is 33.0 Å². The van der Waals surface area contributed by atoms with Gasteiger partial charge in [-0.1, -0.05) is 40.9 Å². The maximum Gasteiger partial charge on any atom is 0.184 e. The molecule has 0 aliphatic heterocycles. The summed E-state index contributed by atoms with van der Waals surface area (Å²) in [5.74, 6) is -2.35. The predicted octanol–water partition coefficient (Wildman–Crippen LogP) is 4.59. The summed E-state index contributed by atoms with van der Waals surface area (Å²) < 4.78 is 14.0. The van der Waals surface area contributed by atoms with Crippen molar-refractivity contribution in [2.45, 2.75) is 19.8 Å². The van der Waals surface area contributed by atoms with Crippen molar-refractivity contribution in [2.75, 3.05) is 0 Å². The number of aryl methyl sites for hydroxylation is 2. The van der Waals surface area contributed by atoms with Crippen molar-refractivity contribution in [3.63, 3.8) is 0 Å². The number of hydrogen-bond acceptors (Lipinski definition) is 2. The van der Waals surface area contributed by atoms with E-state index in [0.29, 0.717) is 5.56 Å². The predicted molar refractivity (Wildman–Crippen MR) is 80.0 cm³/mol. The Morgan fingerprint density at radius 2 is 1.86 bits per heavy atom. The van der Waals surface area contributed by atoms with Crippen molar-refractivity contribution in [2.24, 2.45) is 0 Å². The number of Topliss-reactive ketones (excluding diaryl/α,β-unsaturated/α-hetero) is 1. The molecule has 2 aromatic carbocycles. The second-order valence-electron chi connectivity index (χ2n) is 4.95. The number of hydrogen-bond donors (Lipinski definition) is 0. The summed E-state index contributed by atoms with van der Waals surface area (Å²) in [5.41, 5.74) is 2.25. The molecule has 2 rings (SSSR count). The smallest absolute Gasteiger partial charge is 0.184 e. The summed E-state index contributed by atoms with van der Waals surface area (Å²) in [5, 5.41) is 9.19. The Hall–Kier alpha value is -2.18. The van der Waals surface area contributed by atoms with E-state index in [1.165, 1.54) is 18.2 Å². The molecule has 0 radical (unpaired) electrons. The Morgan fingerprint density at radius 1 is 1.24 bits per heavy atom. The largest absolute Gasteiger partial charge is 0.292 e. The number of rotatable bonds is 3. The van der Waals surface area contributed by atoms with E-state index in [-0.39, 0.29) is 10.6 Å². The van der Waals surface area contributed by atoms with Gasteiger partial charge in [-0.3, -0.25) is 4.79 Å². The zero-order chi connectivity index (χ0) is 15.6. The van der Waals surface area contributed by atoms with Crippen LogP contribution in [0.4, 0.5) is 4.39 Å². The number of nitriles is 1. The lowest BCUT2D eigenvalue weighted by molar-refractivity contribution is 0.0977. The van der Waals surface area contributed by atoms with Crippen molar-refractivity contribution in [3.8, 4) is 6.07 Å². The Balaban J connectivity index is 2.49. The summed E-state index contributed by atoms with van der Waals surface area (Å²) in [6.45, 7) is 3.73. The first-order valence-corrected chi connectivity index (χ1v) is 6.78. The van der Waals surface area contributed by atoms with Gasteiger partial charge in [0.05, 0.1) is 11.1 Å². The SMILES string of the molecule is Cc1cc(C)cc(C(=O)C(C#N)c2cccc(Cl)c2F)c1. The van der Waals surface area contributed by atoms with Gasteiger partial charge in [-0.25, -0.2) is 4.39 Å². The van der Waals surface area contributed by atoms with Gasteiger partial charge in [0.25, 0.3) is 0 Å². The number of carbonyl (C=O) groups is 1. The average Bonchev–Trinajstić information content (AvgIpc) is 2.43. The molecule has 0 saturated carbocycles. The zero-order valence-corrected chi connectivity index (χ0v) is 12.4. The third-order valence-electron chi connectivity index (χ3n) is 3.19. The van der Waals surface area contributed by atoms with Crippen molar-refractivity contribution in [1.82, 2.24) is 0 Å². The minimum atomic E-state index is -1.20. The number of carbonyl (C=O) groups excluding carboxylic acids is 1. The van der Waals surface area contributed by atoms with Crippen molar-refractivity contribution >= 4 is 17.4 Å². The molecule has 0 spiro atoms. The fourth-order valence-electron chi connectivity index (χ4n) is 2.30. The normalized spacial score (nSPS) is 11.8. The van der Waals surface area contributed by atoms with E-state index >= 15 is 0 Å². The molecule has 0 amide bonds. The summed E-state index contributed by atoms with van der Waals surface area (Å²) >= 11 is 5.72. The monoisotopic (exact) mass is 301 g/mol. The molecule has 0 heterocycles. The van der Waals surface area contributed by atoms with Crippen LogP contribution in [0.5, 0.6) is 0 Å². The van der Waals surface area contributed by atoms with E-state index in [4.69, 9.17) is 11.6 Å². The Morgan fingerprint density at radius 3 is 2.43 bits per heavy atom.